The molecule has 0 aliphatic heterocycles. The maximum Gasteiger partial charge on any atom is 0.305 e. The van der Waals surface area contributed by atoms with Gasteiger partial charge in [-0.2, -0.15) is 0 Å². The molecule has 0 saturated heterocycles. The lowest BCUT2D eigenvalue weighted by Crippen LogP contribution is -2.03. The van der Waals surface area contributed by atoms with Crippen molar-refractivity contribution in [3.8, 4) is 0 Å². The van der Waals surface area contributed by atoms with Gasteiger partial charge >= 0.3 is 5.97 Å². The third-order valence-electron chi connectivity index (χ3n) is 2.49. The van der Waals surface area contributed by atoms with E-state index in [0.29, 0.717) is 13.0 Å². The van der Waals surface area contributed by atoms with Crippen LogP contribution in [0, 0.1) is 11.6 Å². The fraction of sp³-hybridized carbons (Fsp3) is 0.500. The fourth-order valence-electron chi connectivity index (χ4n) is 1.54. The minimum absolute atomic E-state index is 0.157. The molecule has 0 atom stereocenters. The minimum Gasteiger partial charge on any atom is -0.466 e. The third kappa shape index (κ3) is 6.57. The zero-order valence-corrected chi connectivity index (χ0v) is 11.8. The summed E-state index contributed by atoms with van der Waals surface area (Å²) in [6, 6.07) is 3.92. The molecule has 0 aliphatic rings. The summed E-state index contributed by atoms with van der Waals surface area (Å²) < 4.78 is 30.4. The maximum absolute atomic E-state index is 12.9. The Hall–Kier alpha value is -1.10. The minimum atomic E-state index is -0.821. The van der Waals surface area contributed by atoms with Gasteiger partial charge < -0.3 is 4.74 Å². The van der Waals surface area contributed by atoms with Gasteiger partial charge in [0.05, 0.1) is 6.61 Å². The number of rotatable bonds is 8. The van der Waals surface area contributed by atoms with Gasteiger partial charge in [-0.1, -0.05) is 6.42 Å². The van der Waals surface area contributed by atoms with Crippen LogP contribution in [0.1, 0.15) is 32.6 Å². The molecule has 2 nitrogen and oxygen atoms in total. The Labute approximate surface area is 116 Å². The average molecular weight is 288 g/mol. The van der Waals surface area contributed by atoms with Crippen molar-refractivity contribution in [1.82, 2.24) is 0 Å². The lowest BCUT2D eigenvalue weighted by molar-refractivity contribution is -0.143. The molecule has 0 N–H and O–H groups in total. The van der Waals surface area contributed by atoms with Crippen molar-refractivity contribution in [2.24, 2.45) is 0 Å². The molecule has 1 aromatic rings. The van der Waals surface area contributed by atoms with Gasteiger partial charge in [0.2, 0.25) is 0 Å². The molecule has 0 radical (unpaired) electrons. The van der Waals surface area contributed by atoms with E-state index in [9.17, 15) is 13.6 Å². The molecule has 0 aromatic heterocycles. The van der Waals surface area contributed by atoms with Crippen molar-refractivity contribution in [3.05, 3.63) is 29.8 Å². The molecular formula is C14H18F2O2S. The molecule has 0 bridgehead atoms. The van der Waals surface area contributed by atoms with E-state index in [-0.39, 0.29) is 5.97 Å². The Bertz CT molecular complexity index is 410. The van der Waals surface area contributed by atoms with Crippen molar-refractivity contribution < 1.29 is 18.3 Å². The monoisotopic (exact) mass is 288 g/mol. The molecule has 0 aliphatic carbocycles. The Morgan fingerprint density at radius 3 is 2.68 bits per heavy atom. The number of halogens is 2. The molecule has 1 rings (SSSR count). The normalized spacial score (nSPS) is 10.5. The van der Waals surface area contributed by atoms with Crippen LogP contribution in [0.25, 0.3) is 0 Å². The number of unbranched alkanes of at least 4 members (excludes halogenated alkanes) is 2. The second kappa shape index (κ2) is 8.91. The van der Waals surface area contributed by atoms with Crippen LogP contribution in [0.2, 0.25) is 0 Å². The Morgan fingerprint density at radius 1 is 1.21 bits per heavy atom. The van der Waals surface area contributed by atoms with Gasteiger partial charge in [0, 0.05) is 11.3 Å². The second-order valence-corrected chi connectivity index (χ2v) is 5.21. The number of benzene rings is 1. The first-order valence-corrected chi connectivity index (χ1v) is 7.35. The highest BCUT2D eigenvalue weighted by Crippen LogP contribution is 2.21. The first-order valence-electron chi connectivity index (χ1n) is 6.37. The van der Waals surface area contributed by atoms with E-state index >= 15 is 0 Å². The second-order valence-electron chi connectivity index (χ2n) is 4.04. The molecule has 5 heteroatoms. The lowest BCUT2D eigenvalue weighted by Gasteiger charge is -2.03. The van der Waals surface area contributed by atoms with E-state index in [0.717, 1.165) is 36.0 Å². The van der Waals surface area contributed by atoms with Crippen LogP contribution >= 0.6 is 11.8 Å². The smallest absolute Gasteiger partial charge is 0.305 e. The Morgan fingerprint density at radius 2 is 2.00 bits per heavy atom. The van der Waals surface area contributed by atoms with Crippen LogP contribution in [-0.2, 0) is 9.53 Å². The number of carbonyl (C=O) groups is 1. The van der Waals surface area contributed by atoms with Gasteiger partial charge in [-0.15, -0.1) is 11.8 Å². The van der Waals surface area contributed by atoms with Gasteiger partial charge in [0.25, 0.3) is 0 Å². The maximum atomic E-state index is 12.9. The van der Waals surface area contributed by atoms with Crippen molar-refractivity contribution in [2.45, 2.75) is 37.5 Å². The number of thioether (sulfide) groups is 1. The summed E-state index contributed by atoms with van der Waals surface area (Å²) in [7, 11) is 0. The summed E-state index contributed by atoms with van der Waals surface area (Å²) in [6.07, 6.45) is 3.11. The molecule has 19 heavy (non-hydrogen) atoms. The van der Waals surface area contributed by atoms with Crippen LogP contribution < -0.4 is 0 Å². The van der Waals surface area contributed by atoms with E-state index in [1.807, 2.05) is 0 Å². The molecule has 0 unspecified atom stereocenters. The summed E-state index contributed by atoms with van der Waals surface area (Å²) in [4.78, 5) is 11.8. The van der Waals surface area contributed by atoms with E-state index in [4.69, 9.17) is 4.74 Å². The topological polar surface area (TPSA) is 26.3 Å². The first-order chi connectivity index (χ1) is 9.13. The van der Waals surface area contributed by atoms with E-state index < -0.39 is 11.6 Å². The zero-order chi connectivity index (χ0) is 14.1. The van der Waals surface area contributed by atoms with Crippen LogP contribution in [-0.4, -0.2) is 18.3 Å². The number of esters is 1. The summed E-state index contributed by atoms with van der Waals surface area (Å²) >= 11 is 1.49. The molecule has 0 saturated carbocycles. The summed E-state index contributed by atoms with van der Waals surface area (Å²) in [5.74, 6) is -0.963. The highest BCUT2D eigenvalue weighted by atomic mass is 32.2. The third-order valence-corrected chi connectivity index (χ3v) is 3.57. The quantitative estimate of drug-likeness (QED) is 0.408. The molecular weight excluding hydrogens is 270 g/mol. The Kier molecular flexibility index (Phi) is 7.48. The van der Waals surface area contributed by atoms with Gasteiger partial charge in [-0.3, -0.25) is 4.79 Å². The predicted octanol–water partition coefficient (Wildman–Crippen LogP) is 4.18. The van der Waals surface area contributed by atoms with E-state index in [2.05, 4.69) is 0 Å². The fourth-order valence-corrected chi connectivity index (χ4v) is 2.47. The Balaban J connectivity index is 2.10. The highest BCUT2D eigenvalue weighted by molar-refractivity contribution is 7.99. The van der Waals surface area contributed by atoms with E-state index in [1.54, 1.807) is 13.0 Å². The lowest BCUT2D eigenvalue weighted by atomic mass is 10.2. The van der Waals surface area contributed by atoms with Crippen LogP contribution in [0.3, 0.4) is 0 Å². The number of ether oxygens (including phenoxy) is 1. The molecule has 0 fully saturated rings. The van der Waals surface area contributed by atoms with Crippen molar-refractivity contribution >= 4 is 17.7 Å². The van der Waals surface area contributed by atoms with Crippen molar-refractivity contribution in [3.63, 3.8) is 0 Å². The molecule has 0 spiro atoms. The molecule has 0 amide bonds. The highest BCUT2D eigenvalue weighted by Gasteiger charge is 2.03. The van der Waals surface area contributed by atoms with Crippen molar-refractivity contribution in [2.75, 3.05) is 12.4 Å². The van der Waals surface area contributed by atoms with Crippen LogP contribution in [0.15, 0.2) is 23.1 Å². The SMILES string of the molecule is CCOC(=O)CCCCCSc1ccc(F)c(F)c1. The van der Waals surface area contributed by atoms with Gasteiger partial charge in [0.1, 0.15) is 0 Å². The largest absolute Gasteiger partial charge is 0.466 e. The zero-order valence-electron chi connectivity index (χ0n) is 11.0. The van der Waals surface area contributed by atoms with E-state index in [1.165, 1.54) is 17.8 Å². The predicted molar refractivity (Wildman–Crippen MR) is 72.2 cm³/mol. The van der Waals surface area contributed by atoms with Gasteiger partial charge in [0.15, 0.2) is 11.6 Å². The number of carbonyl (C=O) groups excluding carboxylic acids is 1. The number of hydrogen-bond donors (Lipinski definition) is 0. The molecule has 0 heterocycles. The standard InChI is InChI=1S/C14H18F2O2S/c1-2-18-14(17)6-4-3-5-9-19-11-7-8-12(15)13(16)10-11/h7-8,10H,2-6,9H2,1H3. The van der Waals surface area contributed by atoms with Crippen molar-refractivity contribution in [1.29, 1.82) is 0 Å². The summed E-state index contributed by atoms with van der Waals surface area (Å²) in [5, 5.41) is 0. The molecule has 1 aromatic carbocycles. The average Bonchev–Trinajstić information content (AvgIpc) is 2.38. The van der Waals surface area contributed by atoms with Gasteiger partial charge in [-0.25, -0.2) is 8.78 Å². The van der Waals surface area contributed by atoms with Gasteiger partial charge in [-0.05, 0) is 43.7 Å². The molecule has 106 valence electrons. The summed E-state index contributed by atoms with van der Waals surface area (Å²) in [6.45, 7) is 2.21. The van der Waals surface area contributed by atoms with Crippen LogP contribution in [0.4, 0.5) is 8.78 Å². The summed E-state index contributed by atoms with van der Waals surface area (Å²) in [5.41, 5.74) is 0. The number of hydrogen-bond acceptors (Lipinski definition) is 3. The first kappa shape index (κ1) is 16.0. The van der Waals surface area contributed by atoms with Crippen LogP contribution in [0.5, 0.6) is 0 Å².